The van der Waals surface area contributed by atoms with Gasteiger partial charge in [-0.05, 0) is 84.5 Å². The third-order valence-electron chi connectivity index (χ3n) is 9.92. The lowest BCUT2D eigenvalue weighted by molar-refractivity contribution is -0.147. The van der Waals surface area contributed by atoms with Crippen LogP contribution in [0.2, 0.25) is 0 Å². The third-order valence-corrected chi connectivity index (χ3v) is 9.92. The second-order valence-corrected chi connectivity index (χ2v) is 13.2. The van der Waals surface area contributed by atoms with Crippen molar-refractivity contribution in [3.05, 3.63) is 118 Å². The maximum absolute atomic E-state index is 14.6. The summed E-state index contributed by atoms with van der Waals surface area (Å²) >= 11 is 0. The fourth-order valence-electron chi connectivity index (χ4n) is 7.00. The zero-order chi connectivity index (χ0) is 36.0. The van der Waals surface area contributed by atoms with Crippen LogP contribution in [0.25, 0.3) is 0 Å². The molecule has 264 valence electrons. The molecule has 2 aromatic carbocycles. The molecule has 1 fully saturated rings. The first-order valence-electron chi connectivity index (χ1n) is 17.2. The number of carbonyl (C=O) groups is 4. The third kappa shape index (κ3) is 8.12. The molecule has 6 rings (SSSR count). The molecule has 3 N–H and O–H groups in total. The Balaban J connectivity index is 1.21. The molecule has 2 aliphatic rings. The number of benzene rings is 2. The van der Waals surface area contributed by atoms with Crippen LogP contribution in [0.15, 0.2) is 79.1 Å². The van der Waals surface area contributed by atoms with Crippen molar-refractivity contribution in [2.24, 2.45) is 5.41 Å². The minimum absolute atomic E-state index is 0.137. The number of hydrogen-bond acceptors (Lipinski definition) is 7. The molecule has 4 aromatic rings. The van der Waals surface area contributed by atoms with Crippen molar-refractivity contribution in [3.63, 3.8) is 0 Å². The van der Waals surface area contributed by atoms with Gasteiger partial charge in [0, 0.05) is 44.5 Å². The molecule has 51 heavy (non-hydrogen) atoms. The van der Waals surface area contributed by atoms with Gasteiger partial charge < -0.3 is 25.8 Å². The lowest BCUT2D eigenvalue weighted by Gasteiger charge is -2.42. The quantitative estimate of drug-likeness (QED) is 0.219. The summed E-state index contributed by atoms with van der Waals surface area (Å²) in [5.41, 5.74) is 4.53. The van der Waals surface area contributed by atoms with Crippen molar-refractivity contribution in [2.45, 2.75) is 52.1 Å². The number of piperidine rings is 1. The van der Waals surface area contributed by atoms with Gasteiger partial charge in [0.2, 0.25) is 17.7 Å². The van der Waals surface area contributed by atoms with Crippen molar-refractivity contribution < 1.29 is 23.6 Å². The van der Waals surface area contributed by atoms with Crippen LogP contribution < -0.4 is 16.0 Å². The molecule has 2 aromatic heterocycles. The predicted molar refractivity (Wildman–Crippen MR) is 191 cm³/mol. The van der Waals surface area contributed by atoms with Crippen LogP contribution in [0.3, 0.4) is 0 Å². The van der Waals surface area contributed by atoms with E-state index in [0.717, 1.165) is 34.0 Å². The van der Waals surface area contributed by atoms with Crippen molar-refractivity contribution in [2.75, 3.05) is 37.3 Å². The largest absolute Gasteiger partial charge is 0.337 e. The van der Waals surface area contributed by atoms with Crippen LogP contribution in [-0.4, -0.2) is 70.1 Å². The molecule has 4 amide bonds. The van der Waals surface area contributed by atoms with Gasteiger partial charge >= 0.3 is 0 Å². The molecule has 12 heteroatoms. The summed E-state index contributed by atoms with van der Waals surface area (Å²) in [6.45, 7) is 3.26. The van der Waals surface area contributed by atoms with Gasteiger partial charge in [-0.1, -0.05) is 43.3 Å². The first-order chi connectivity index (χ1) is 24.7. The number of amides is 4. The number of anilines is 2. The van der Waals surface area contributed by atoms with E-state index in [4.69, 9.17) is 0 Å². The fourth-order valence-corrected chi connectivity index (χ4v) is 7.00. The summed E-state index contributed by atoms with van der Waals surface area (Å²) < 4.78 is 13.4. The summed E-state index contributed by atoms with van der Waals surface area (Å²) in [5.74, 6) is -0.968. The number of nitrogens with zero attached hydrogens (tertiary/aromatic N) is 4. The second-order valence-electron chi connectivity index (χ2n) is 13.2. The maximum Gasteiger partial charge on any atom is 0.272 e. The van der Waals surface area contributed by atoms with Gasteiger partial charge in [0.1, 0.15) is 23.9 Å². The molecule has 0 atom stereocenters. The molecule has 0 saturated carbocycles. The van der Waals surface area contributed by atoms with Crippen LogP contribution in [0.4, 0.5) is 15.9 Å². The van der Waals surface area contributed by atoms with Gasteiger partial charge in [-0.3, -0.25) is 19.2 Å². The van der Waals surface area contributed by atoms with E-state index in [9.17, 15) is 23.6 Å². The topological polar surface area (TPSA) is 137 Å². The number of aromatic nitrogens is 2. The number of rotatable bonds is 10. The van der Waals surface area contributed by atoms with Crippen molar-refractivity contribution in [3.8, 4) is 0 Å². The number of likely N-dealkylation sites (tertiary alicyclic amines) is 1. The number of halogens is 1. The number of carbonyl (C=O) groups excluding carboxylic acids is 4. The van der Waals surface area contributed by atoms with Gasteiger partial charge in [0.15, 0.2) is 0 Å². The van der Waals surface area contributed by atoms with Crippen LogP contribution in [0, 0.1) is 11.2 Å². The van der Waals surface area contributed by atoms with E-state index in [0.29, 0.717) is 56.8 Å². The van der Waals surface area contributed by atoms with Gasteiger partial charge in [-0.2, -0.15) is 0 Å². The van der Waals surface area contributed by atoms with Gasteiger partial charge in [0.25, 0.3) is 5.91 Å². The number of pyridine rings is 2. The summed E-state index contributed by atoms with van der Waals surface area (Å²) in [7, 11) is 1.86. The number of hydrogen-bond donors (Lipinski definition) is 3. The molecule has 0 bridgehead atoms. The molecule has 1 saturated heterocycles. The molecular formula is C39H42FN7O4. The Morgan fingerprint density at radius 1 is 0.941 bits per heavy atom. The van der Waals surface area contributed by atoms with Gasteiger partial charge in [-0.25, -0.2) is 14.4 Å². The van der Waals surface area contributed by atoms with Crippen LogP contribution in [0.1, 0.15) is 64.5 Å². The molecule has 4 heterocycles. The molecule has 11 nitrogen and oxygen atoms in total. The Morgan fingerprint density at radius 2 is 1.73 bits per heavy atom. The van der Waals surface area contributed by atoms with E-state index in [1.807, 2.05) is 68.6 Å². The average molecular weight is 692 g/mol. The summed E-state index contributed by atoms with van der Waals surface area (Å²) in [6.07, 6.45) is 4.75. The van der Waals surface area contributed by atoms with E-state index in [1.54, 1.807) is 16.0 Å². The van der Waals surface area contributed by atoms with Crippen molar-refractivity contribution in [1.29, 1.82) is 0 Å². The Hall–Kier alpha value is -5.49. The van der Waals surface area contributed by atoms with Crippen LogP contribution in [-0.2, 0) is 40.3 Å². The van der Waals surface area contributed by atoms with Crippen LogP contribution in [0.5, 0.6) is 0 Å². The summed E-state index contributed by atoms with van der Waals surface area (Å²) in [4.78, 5) is 65.8. The predicted octanol–water partition coefficient (Wildman–Crippen LogP) is 4.72. The molecule has 0 aliphatic carbocycles. The lowest BCUT2D eigenvalue weighted by atomic mass is 9.74. The average Bonchev–Trinajstić information content (AvgIpc) is 3.13. The van der Waals surface area contributed by atoms with E-state index >= 15 is 0 Å². The number of fused-ring (bicyclic) bond motifs is 2. The van der Waals surface area contributed by atoms with Crippen molar-refractivity contribution in [1.82, 2.24) is 25.1 Å². The summed E-state index contributed by atoms with van der Waals surface area (Å²) in [5, 5.41) is 9.03. The highest BCUT2D eigenvalue weighted by Gasteiger charge is 2.43. The van der Waals surface area contributed by atoms with Gasteiger partial charge in [-0.15, -0.1) is 0 Å². The molecule has 2 aliphatic heterocycles. The SMILES string of the molecule is CCC1(C(=O)N(CC(=O)Nc2ccc3c(c2)CC(=O)Nc2ncccc2C3)Cc2ccccc2CNC)CCN(C(=O)c2ccc(F)cn2)CC1. The molecule has 0 spiro atoms. The highest BCUT2D eigenvalue weighted by Crippen LogP contribution is 2.38. The van der Waals surface area contributed by atoms with E-state index in [2.05, 4.69) is 25.9 Å². The first-order valence-corrected chi connectivity index (χ1v) is 17.2. The molecule has 0 unspecified atom stereocenters. The standard InChI is InChI=1S/C39H42FN7O4/c1-3-39(14-17-46(18-15-39)37(50)33-13-11-31(40)23-43-33)38(51)47(24-29-8-5-4-7-28(29)22-41-2)25-35(49)44-32-12-10-26-19-27-9-6-16-42-36(27)45-34(48)21-30(26)20-32/h4-13,16,20,23,41H,3,14-15,17-19,21-22,24-25H2,1-2H3,(H,44,49)(H,42,45,48). The normalized spacial score (nSPS) is 15.0. The Morgan fingerprint density at radius 3 is 2.45 bits per heavy atom. The van der Waals surface area contributed by atoms with E-state index in [1.165, 1.54) is 12.1 Å². The maximum atomic E-state index is 14.6. The minimum atomic E-state index is -0.785. The lowest BCUT2D eigenvalue weighted by Crippen LogP contribution is -2.52. The highest BCUT2D eigenvalue weighted by molar-refractivity contribution is 5.97. The number of nitrogens with one attached hydrogen (secondary N) is 3. The second kappa shape index (κ2) is 15.6. The molecule has 0 radical (unpaired) electrons. The Kier molecular flexibility index (Phi) is 10.8. The van der Waals surface area contributed by atoms with E-state index in [-0.39, 0.29) is 48.8 Å². The zero-order valence-electron chi connectivity index (χ0n) is 28.9. The molecular weight excluding hydrogens is 649 g/mol. The first kappa shape index (κ1) is 35.3. The smallest absolute Gasteiger partial charge is 0.272 e. The fraction of sp³-hybridized carbons (Fsp3) is 0.333. The Labute approximate surface area is 296 Å². The van der Waals surface area contributed by atoms with Gasteiger partial charge in [0.05, 0.1) is 18.0 Å². The van der Waals surface area contributed by atoms with Crippen LogP contribution >= 0.6 is 0 Å². The van der Waals surface area contributed by atoms with E-state index < -0.39 is 11.2 Å². The van der Waals surface area contributed by atoms with Crippen molar-refractivity contribution >= 4 is 35.1 Å². The minimum Gasteiger partial charge on any atom is -0.337 e. The highest BCUT2D eigenvalue weighted by atomic mass is 19.1. The zero-order valence-corrected chi connectivity index (χ0v) is 28.9. The summed E-state index contributed by atoms with van der Waals surface area (Å²) in [6, 6.07) is 19.7. The Bertz CT molecular complexity index is 1930. The monoisotopic (exact) mass is 691 g/mol.